The van der Waals surface area contributed by atoms with E-state index >= 15 is 0 Å². The van der Waals surface area contributed by atoms with Gasteiger partial charge in [0.25, 0.3) is 0 Å². The third-order valence-corrected chi connectivity index (χ3v) is 3.87. The maximum absolute atomic E-state index is 12.3. The molecule has 2 amide bonds. The van der Waals surface area contributed by atoms with E-state index in [-0.39, 0.29) is 0 Å². The molecule has 1 N–H and O–H groups in total. The minimum Gasteiger partial charge on any atom is -0.495 e. The van der Waals surface area contributed by atoms with E-state index in [0.29, 0.717) is 27.9 Å². The summed E-state index contributed by atoms with van der Waals surface area (Å²) in [6.45, 7) is 1.97. The van der Waals surface area contributed by atoms with Gasteiger partial charge in [0.15, 0.2) is 0 Å². The van der Waals surface area contributed by atoms with Gasteiger partial charge >= 0.3 is 6.03 Å². The summed E-state index contributed by atoms with van der Waals surface area (Å²) in [4.78, 5) is 12.3. The Kier molecular flexibility index (Phi) is 5.63. The van der Waals surface area contributed by atoms with E-state index in [2.05, 4.69) is 18.1 Å². The van der Waals surface area contributed by atoms with Gasteiger partial charge in [-0.05, 0) is 25.1 Å². The fourth-order valence-electron chi connectivity index (χ4n) is 1.93. The van der Waals surface area contributed by atoms with Gasteiger partial charge < -0.3 is 14.8 Å². The number of thiol groups is 1. The van der Waals surface area contributed by atoms with Crippen LogP contribution in [0.25, 0.3) is 0 Å². The molecule has 5 nitrogen and oxygen atoms in total. The first-order valence-corrected chi connectivity index (χ1v) is 7.52. The number of benzene rings is 2. The van der Waals surface area contributed by atoms with E-state index in [1.54, 1.807) is 12.1 Å². The number of nitrogens with one attached hydrogen (secondary N) is 1. The minimum atomic E-state index is -0.434. The zero-order chi connectivity index (χ0) is 17.0. The minimum absolute atomic E-state index is 0.352. The molecule has 0 bridgehead atoms. The monoisotopic (exact) mass is 352 g/mol. The number of hydrogen-bond acceptors (Lipinski definition) is 4. The number of anilines is 2. The first-order chi connectivity index (χ1) is 11.0. The number of amides is 2. The predicted octanol–water partition coefficient (Wildman–Crippen LogP) is 4.55. The number of rotatable bonds is 4. The second-order valence-corrected chi connectivity index (χ2v) is 5.57. The van der Waals surface area contributed by atoms with Crippen molar-refractivity contribution < 1.29 is 14.3 Å². The van der Waals surface area contributed by atoms with Crippen molar-refractivity contribution in [3.05, 3.63) is 47.0 Å². The van der Waals surface area contributed by atoms with Gasteiger partial charge in [-0.1, -0.05) is 42.1 Å². The van der Waals surface area contributed by atoms with Crippen molar-refractivity contribution in [1.82, 2.24) is 0 Å². The Hall–Kier alpha value is -2.05. The molecule has 2 aromatic carbocycles. The van der Waals surface area contributed by atoms with Crippen LogP contribution in [0.3, 0.4) is 0 Å². The van der Waals surface area contributed by atoms with Gasteiger partial charge in [-0.3, -0.25) is 0 Å². The Bertz CT molecular complexity index is 707. The molecular formula is C16H17ClN2O3S. The van der Waals surface area contributed by atoms with E-state index in [9.17, 15) is 4.79 Å². The summed E-state index contributed by atoms with van der Waals surface area (Å²) in [5.74, 6) is 0.869. The van der Waals surface area contributed by atoms with Crippen molar-refractivity contribution in [1.29, 1.82) is 0 Å². The van der Waals surface area contributed by atoms with E-state index < -0.39 is 6.03 Å². The van der Waals surface area contributed by atoms with Crippen LogP contribution < -0.4 is 19.1 Å². The smallest absolute Gasteiger partial charge is 0.336 e. The van der Waals surface area contributed by atoms with Crippen molar-refractivity contribution in [2.75, 3.05) is 23.8 Å². The summed E-state index contributed by atoms with van der Waals surface area (Å²) >= 11 is 10.4. The molecule has 0 aromatic heterocycles. The molecule has 0 aliphatic rings. The molecule has 0 spiro atoms. The van der Waals surface area contributed by atoms with Crippen LogP contribution in [-0.4, -0.2) is 20.3 Å². The molecule has 0 aliphatic heterocycles. The molecule has 122 valence electrons. The van der Waals surface area contributed by atoms with E-state index in [0.717, 1.165) is 9.87 Å². The highest BCUT2D eigenvalue weighted by Gasteiger charge is 2.19. The highest BCUT2D eigenvalue weighted by Crippen LogP contribution is 2.38. The van der Waals surface area contributed by atoms with Crippen molar-refractivity contribution in [3.63, 3.8) is 0 Å². The number of carbonyl (C=O) groups excluding carboxylic acids is 1. The van der Waals surface area contributed by atoms with Gasteiger partial charge in [-0.25, -0.2) is 9.10 Å². The number of nitrogens with zero attached hydrogens (tertiary/aromatic N) is 1. The van der Waals surface area contributed by atoms with Crippen LogP contribution in [0.1, 0.15) is 5.56 Å². The first-order valence-electron chi connectivity index (χ1n) is 6.74. The normalized spacial score (nSPS) is 10.1. The SMILES string of the molecule is COc1cc(OC)c(N(S)C(=O)Nc2ccc(C)cc2)cc1Cl. The van der Waals surface area contributed by atoms with Gasteiger partial charge in [0, 0.05) is 11.8 Å². The Balaban J connectivity index is 2.25. The summed E-state index contributed by atoms with van der Waals surface area (Å²) in [5.41, 5.74) is 2.18. The van der Waals surface area contributed by atoms with Gasteiger partial charge in [-0.2, -0.15) is 0 Å². The Morgan fingerprint density at radius 2 is 1.74 bits per heavy atom. The van der Waals surface area contributed by atoms with Gasteiger partial charge in [0.05, 0.1) is 19.2 Å². The zero-order valence-electron chi connectivity index (χ0n) is 13.0. The molecule has 0 aliphatic carbocycles. The van der Waals surface area contributed by atoms with Crippen molar-refractivity contribution in [2.24, 2.45) is 0 Å². The highest BCUT2D eigenvalue weighted by atomic mass is 35.5. The van der Waals surface area contributed by atoms with E-state index in [1.165, 1.54) is 14.2 Å². The molecule has 7 heteroatoms. The molecule has 2 rings (SSSR count). The maximum atomic E-state index is 12.3. The lowest BCUT2D eigenvalue weighted by molar-refractivity contribution is 0.260. The second-order valence-electron chi connectivity index (χ2n) is 4.77. The van der Waals surface area contributed by atoms with Crippen LogP contribution >= 0.6 is 24.4 Å². The van der Waals surface area contributed by atoms with Crippen LogP contribution in [0, 0.1) is 6.92 Å². The molecule has 23 heavy (non-hydrogen) atoms. The number of ether oxygens (including phenoxy) is 2. The molecule has 0 unspecified atom stereocenters. The molecule has 0 saturated carbocycles. The maximum Gasteiger partial charge on any atom is 0.336 e. The van der Waals surface area contributed by atoms with Crippen LogP contribution in [0.5, 0.6) is 11.5 Å². The molecule has 0 atom stereocenters. The number of urea groups is 1. The Morgan fingerprint density at radius 3 is 2.30 bits per heavy atom. The number of hydrogen-bond donors (Lipinski definition) is 2. The molecule has 0 heterocycles. The highest BCUT2D eigenvalue weighted by molar-refractivity contribution is 7.82. The lowest BCUT2D eigenvalue weighted by Gasteiger charge is -2.20. The summed E-state index contributed by atoms with van der Waals surface area (Å²) < 4.78 is 11.5. The average Bonchev–Trinajstić information content (AvgIpc) is 2.56. The number of aryl methyl sites for hydroxylation is 1. The summed E-state index contributed by atoms with van der Waals surface area (Å²) in [6, 6.07) is 10.2. The molecular weight excluding hydrogens is 336 g/mol. The average molecular weight is 353 g/mol. The second kappa shape index (κ2) is 7.48. The lowest BCUT2D eigenvalue weighted by atomic mass is 10.2. The van der Waals surface area contributed by atoms with Crippen molar-refractivity contribution >= 4 is 41.8 Å². The quantitative estimate of drug-likeness (QED) is 0.794. The van der Waals surface area contributed by atoms with E-state index in [1.807, 2.05) is 31.2 Å². The predicted molar refractivity (Wildman–Crippen MR) is 96.2 cm³/mol. The van der Waals surface area contributed by atoms with E-state index in [4.69, 9.17) is 21.1 Å². The number of methoxy groups -OCH3 is 2. The fraction of sp³-hybridized carbons (Fsp3) is 0.188. The fourth-order valence-corrected chi connectivity index (χ4v) is 2.37. The van der Waals surface area contributed by atoms with Crippen LogP contribution in [0.4, 0.5) is 16.2 Å². The lowest BCUT2D eigenvalue weighted by Crippen LogP contribution is -2.27. The molecule has 0 radical (unpaired) electrons. The van der Waals surface area contributed by atoms with Gasteiger partial charge in [0.1, 0.15) is 17.2 Å². The molecule has 0 saturated heterocycles. The standard InChI is InChI=1S/C16H17ClN2O3S/c1-10-4-6-11(7-5-10)18-16(20)19(23)13-8-12(17)14(21-2)9-15(13)22-3/h4-9,23H,1-3H3,(H,18,20). The molecule has 0 fully saturated rings. The largest absolute Gasteiger partial charge is 0.495 e. The van der Waals surface area contributed by atoms with Crippen LogP contribution in [0.15, 0.2) is 36.4 Å². The zero-order valence-corrected chi connectivity index (χ0v) is 14.6. The third kappa shape index (κ3) is 4.03. The van der Waals surface area contributed by atoms with Gasteiger partial charge in [-0.15, -0.1) is 0 Å². The van der Waals surface area contributed by atoms with Crippen LogP contribution in [0.2, 0.25) is 5.02 Å². The summed E-state index contributed by atoms with van der Waals surface area (Å²) in [5, 5.41) is 3.10. The van der Waals surface area contributed by atoms with Gasteiger partial charge in [0.2, 0.25) is 0 Å². The topological polar surface area (TPSA) is 50.8 Å². The third-order valence-electron chi connectivity index (χ3n) is 3.18. The van der Waals surface area contributed by atoms with Crippen LogP contribution in [-0.2, 0) is 0 Å². The number of halogens is 1. The summed E-state index contributed by atoms with van der Waals surface area (Å²) in [6.07, 6.45) is 0. The van der Waals surface area contributed by atoms with Crippen molar-refractivity contribution in [3.8, 4) is 11.5 Å². The first kappa shape index (κ1) is 17.3. The Morgan fingerprint density at radius 1 is 1.13 bits per heavy atom. The summed E-state index contributed by atoms with van der Waals surface area (Å²) in [7, 11) is 2.99. The number of carbonyl (C=O) groups is 1. The van der Waals surface area contributed by atoms with Crippen molar-refractivity contribution in [2.45, 2.75) is 6.92 Å². The molecule has 2 aromatic rings. The Labute approximate surface area is 145 Å².